The molecule has 0 aliphatic carbocycles. The van der Waals surface area contributed by atoms with E-state index in [1.165, 1.54) is 24.8 Å². The molecule has 0 fully saturated rings. The first kappa shape index (κ1) is 12.3. The molecule has 1 rings (SSSR count). The van der Waals surface area contributed by atoms with Gasteiger partial charge in [0.05, 0.1) is 0 Å². The molecule has 0 amide bonds. The summed E-state index contributed by atoms with van der Waals surface area (Å²) in [6.07, 6.45) is 3.70. The molecule has 0 heterocycles. The van der Waals surface area contributed by atoms with Crippen molar-refractivity contribution in [2.75, 3.05) is 13.6 Å². The van der Waals surface area contributed by atoms with E-state index in [2.05, 4.69) is 49.5 Å². The Bertz CT molecular complexity index is 260. The van der Waals surface area contributed by atoms with E-state index in [9.17, 15) is 0 Å². The van der Waals surface area contributed by atoms with Gasteiger partial charge in [-0.25, -0.2) is 0 Å². The zero-order valence-corrected chi connectivity index (χ0v) is 10.2. The van der Waals surface area contributed by atoms with Gasteiger partial charge in [-0.2, -0.15) is 0 Å². The molecular formula is C14H23N. The van der Waals surface area contributed by atoms with Gasteiger partial charge in [-0.15, -0.1) is 0 Å². The molecule has 0 aromatic heterocycles. The summed E-state index contributed by atoms with van der Waals surface area (Å²) in [6.45, 7) is 5.63. The summed E-state index contributed by atoms with van der Waals surface area (Å²) in [5.74, 6) is 0. The smallest absolute Gasteiger partial charge is 0.00749 e. The quantitative estimate of drug-likeness (QED) is 0.751. The molecule has 1 N–H and O–H groups in total. The van der Waals surface area contributed by atoms with Gasteiger partial charge in [0.2, 0.25) is 0 Å². The second-order valence-electron chi connectivity index (χ2n) is 4.28. The molecular weight excluding hydrogens is 182 g/mol. The molecule has 1 nitrogen and oxygen atoms in total. The monoisotopic (exact) mass is 205 g/mol. The van der Waals surface area contributed by atoms with Crippen molar-refractivity contribution in [3.63, 3.8) is 0 Å². The molecule has 1 atom stereocenters. The maximum Gasteiger partial charge on any atom is 0.00749 e. The van der Waals surface area contributed by atoms with Crippen molar-refractivity contribution in [1.29, 1.82) is 0 Å². The summed E-state index contributed by atoms with van der Waals surface area (Å²) in [6, 6.07) is 10.9. The second-order valence-corrected chi connectivity index (χ2v) is 4.28. The van der Waals surface area contributed by atoms with E-state index < -0.39 is 0 Å². The molecule has 0 radical (unpaired) electrons. The Morgan fingerprint density at radius 2 is 1.80 bits per heavy atom. The van der Waals surface area contributed by atoms with Gasteiger partial charge in [-0.1, -0.05) is 50.6 Å². The van der Waals surface area contributed by atoms with Gasteiger partial charge in [-0.3, -0.25) is 0 Å². The summed E-state index contributed by atoms with van der Waals surface area (Å²) in [5.41, 5.74) is 1.80. The first-order valence-electron chi connectivity index (χ1n) is 5.99. The lowest BCUT2D eigenvalue weighted by atomic mass is 9.74. The van der Waals surface area contributed by atoms with E-state index in [4.69, 9.17) is 0 Å². The zero-order chi connectivity index (χ0) is 11.1. The van der Waals surface area contributed by atoms with Gasteiger partial charge in [0.25, 0.3) is 0 Å². The molecule has 0 saturated heterocycles. The van der Waals surface area contributed by atoms with Crippen molar-refractivity contribution in [1.82, 2.24) is 5.32 Å². The van der Waals surface area contributed by atoms with Crippen molar-refractivity contribution >= 4 is 0 Å². The Labute approximate surface area is 93.9 Å². The molecule has 1 aromatic carbocycles. The maximum atomic E-state index is 3.34. The first-order chi connectivity index (χ1) is 7.29. The molecule has 15 heavy (non-hydrogen) atoms. The van der Waals surface area contributed by atoms with E-state index in [0.29, 0.717) is 5.41 Å². The van der Waals surface area contributed by atoms with E-state index >= 15 is 0 Å². The third-order valence-corrected chi connectivity index (χ3v) is 3.31. The van der Waals surface area contributed by atoms with E-state index in [1.807, 2.05) is 7.05 Å². The van der Waals surface area contributed by atoms with Crippen LogP contribution in [-0.4, -0.2) is 13.6 Å². The number of nitrogens with one attached hydrogen (secondary N) is 1. The average molecular weight is 205 g/mol. The average Bonchev–Trinajstić information content (AvgIpc) is 2.30. The van der Waals surface area contributed by atoms with Crippen molar-refractivity contribution in [3.05, 3.63) is 35.9 Å². The summed E-state index contributed by atoms with van der Waals surface area (Å²) in [5, 5.41) is 3.34. The SMILES string of the molecule is CCCC(CC)(CNC)c1ccccc1. The summed E-state index contributed by atoms with van der Waals surface area (Å²) < 4.78 is 0. The van der Waals surface area contributed by atoms with Gasteiger partial charge >= 0.3 is 0 Å². The minimum absolute atomic E-state index is 0.324. The lowest BCUT2D eigenvalue weighted by Crippen LogP contribution is -2.36. The number of hydrogen-bond acceptors (Lipinski definition) is 1. The zero-order valence-electron chi connectivity index (χ0n) is 10.2. The van der Waals surface area contributed by atoms with Crippen LogP contribution in [0, 0.1) is 0 Å². The summed E-state index contributed by atoms with van der Waals surface area (Å²) >= 11 is 0. The molecule has 0 saturated carbocycles. The predicted octanol–water partition coefficient (Wildman–Crippen LogP) is 3.35. The highest BCUT2D eigenvalue weighted by atomic mass is 14.8. The minimum Gasteiger partial charge on any atom is -0.319 e. The lowest BCUT2D eigenvalue weighted by molar-refractivity contribution is 0.361. The highest BCUT2D eigenvalue weighted by Gasteiger charge is 2.28. The fraction of sp³-hybridized carbons (Fsp3) is 0.571. The van der Waals surface area contributed by atoms with E-state index in [0.717, 1.165) is 6.54 Å². The Hall–Kier alpha value is -0.820. The third kappa shape index (κ3) is 2.82. The number of hydrogen-bond donors (Lipinski definition) is 1. The number of rotatable bonds is 6. The molecule has 0 spiro atoms. The van der Waals surface area contributed by atoms with Crippen molar-refractivity contribution in [2.45, 2.75) is 38.5 Å². The van der Waals surface area contributed by atoms with E-state index in [-0.39, 0.29) is 0 Å². The topological polar surface area (TPSA) is 12.0 Å². The summed E-state index contributed by atoms with van der Waals surface area (Å²) in [4.78, 5) is 0. The maximum absolute atomic E-state index is 3.34. The lowest BCUT2D eigenvalue weighted by Gasteiger charge is -2.33. The Morgan fingerprint density at radius 1 is 1.13 bits per heavy atom. The molecule has 84 valence electrons. The first-order valence-corrected chi connectivity index (χ1v) is 5.99. The Kier molecular flexibility index (Phi) is 4.83. The second kappa shape index (κ2) is 5.92. The van der Waals surface area contributed by atoms with Gasteiger partial charge in [0, 0.05) is 12.0 Å². The molecule has 0 bridgehead atoms. The van der Waals surface area contributed by atoms with Gasteiger partial charge in [-0.05, 0) is 25.5 Å². The number of benzene rings is 1. The van der Waals surface area contributed by atoms with Crippen molar-refractivity contribution in [3.8, 4) is 0 Å². The van der Waals surface area contributed by atoms with Crippen LogP contribution in [0.25, 0.3) is 0 Å². The molecule has 1 aromatic rings. The van der Waals surface area contributed by atoms with Gasteiger partial charge in [0.1, 0.15) is 0 Å². The molecule has 1 heteroatoms. The third-order valence-electron chi connectivity index (χ3n) is 3.31. The minimum atomic E-state index is 0.324. The van der Waals surface area contributed by atoms with Crippen molar-refractivity contribution < 1.29 is 0 Å². The normalized spacial score (nSPS) is 14.9. The van der Waals surface area contributed by atoms with Crippen LogP contribution in [0.15, 0.2) is 30.3 Å². The van der Waals surface area contributed by atoms with Crippen LogP contribution in [0.4, 0.5) is 0 Å². The van der Waals surface area contributed by atoms with Gasteiger partial charge < -0.3 is 5.32 Å². The van der Waals surface area contributed by atoms with Crippen LogP contribution in [0.2, 0.25) is 0 Å². The van der Waals surface area contributed by atoms with Crippen LogP contribution in [0.1, 0.15) is 38.7 Å². The largest absolute Gasteiger partial charge is 0.319 e. The Morgan fingerprint density at radius 3 is 2.27 bits per heavy atom. The fourth-order valence-corrected chi connectivity index (χ4v) is 2.45. The van der Waals surface area contributed by atoms with Crippen LogP contribution in [-0.2, 0) is 5.41 Å². The highest BCUT2D eigenvalue weighted by molar-refractivity contribution is 5.25. The van der Waals surface area contributed by atoms with Crippen molar-refractivity contribution in [2.24, 2.45) is 0 Å². The molecule has 1 unspecified atom stereocenters. The van der Waals surface area contributed by atoms with Crippen LogP contribution in [0.5, 0.6) is 0 Å². The standard InChI is InChI=1S/C14H23N/c1-4-11-14(5-2,12-15-3)13-9-7-6-8-10-13/h6-10,15H,4-5,11-12H2,1-3H3. The van der Waals surface area contributed by atoms with E-state index in [1.54, 1.807) is 0 Å². The Balaban J connectivity index is 2.97. The molecule has 0 aliphatic rings. The van der Waals surface area contributed by atoms with Gasteiger partial charge in [0.15, 0.2) is 0 Å². The van der Waals surface area contributed by atoms with Crippen LogP contribution < -0.4 is 5.32 Å². The predicted molar refractivity (Wildman–Crippen MR) is 67.2 cm³/mol. The fourth-order valence-electron chi connectivity index (χ4n) is 2.45. The van der Waals surface area contributed by atoms with Crippen LogP contribution >= 0.6 is 0 Å². The highest BCUT2D eigenvalue weighted by Crippen LogP contribution is 2.32. The van der Waals surface area contributed by atoms with Crippen LogP contribution in [0.3, 0.4) is 0 Å². The molecule has 0 aliphatic heterocycles. The summed E-state index contributed by atoms with van der Waals surface area (Å²) in [7, 11) is 2.04. The number of likely N-dealkylation sites (N-methyl/N-ethyl adjacent to an activating group) is 1.